The minimum atomic E-state index is -5.21. The summed E-state index contributed by atoms with van der Waals surface area (Å²) in [5.41, 5.74) is 5.29. The van der Waals surface area contributed by atoms with Crippen molar-refractivity contribution >= 4 is 45.6 Å². The van der Waals surface area contributed by atoms with Crippen molar-refractivity contribution in [1.82, 2.24) is 10.2 Å². The van der Waals surface area contributed by atoms with E-state index in [9.17, 15) is 37.3 Å². The molecule has 3 heterocycles. The molecule has 14 heteroatoms. The van der Waals surface area contributed by atoms with E-state index < -0.39 is 50.5 Å². The van der Waals surface area contributed by atoms with E-state index in [-0.39, 0.29) is 29.1 Å². The van der Waals surface area contributed by atoms with Crippen molar-refractivity contribution in [3.63, 3.8) is 0 Å². The molecule has 2 aliphatic heterocycles. The highest BCUT2D eigenvalue weighted by Gasteiger charge is 2.55. The number of hydrogen-bond donors (Lipinski definition) is 3. The molecule has 12 nitrogen and oxygen atoms in total. The van der Waals surface area contributed by atoms with Gasteiger partial charge in [-0.2, -0.15) is 0 Å². The van der Waals surface area contributed by atoms with E-state index in [1.165, 1.54) is 23.9 Å². The van der Waals surface area contributed by atoms with Crippen LogP contribution >= 0.6 is 11.8 Å². The fourth-order valence-electron chi connectivity index (χ4n) is 4.07. The third kappa shape index (κ3) is 4.82. The number of carbonyl (C=O) groups excluding carboxylic acids is 3. The summed E-state index contributed by atoms with van der Waals surface area (Å²) in [5, 5.41) is 9.10. The fourth-order valence-corrected chi connectivity index (χ4v) is 6.22. The summed E-state index contributed by atoms with van der Waals surface area (Å²) in [6.45, 7) is 0.237. The third-order valence-corrected chi connectivity index (χ3v) is 8.13. The van der Waals surface area contributed by atoms with Crippen molar-refractivity contribution in [2.45, 2.75) is 23.2 Å². The Labute approximate surface area is 209 Å². The maximum absolute atomic E-state index is 12.9. The van der Waals surface area contributed by atoms with Gasteiger partial charge in [0.15, 0.2) is 24.2 Å². The molecule has 3 atom stereocenters. The summed E-state index contributed by atoms with van der Waals surface area (Å²) in [5.74, 6) is -3.81. The molecule has 0 aliphatic carbocycles. The van der Waals surface area contributed by atoms with E-state index in [0.29, 0.717) is 5.57 Å². The van der Waals surface area contributed by atoms with Gasteiger partial charge in [-0.05, 0) is 17.7 Å². The summed E-state index contributed by atoms with van der Waals surface area (Å²) in [7, 11) is -5.21. The largest absolute Gasteiger partial charge is 0.747 e. The molecule has 1 aromatic heterocycles. The highest BCUT2D eigenvalue weighted by atomic mass is 32.2. The lowest BCUT2D eigenvalue weighted by molar-refractivity contribution is -0.689. The highest BCUT2D eigenvalue weighted by molar-refractivity contribution is 8.00. The van der Waals surface area contributed by atoms with Crippen LogP contribution in [0.15, 0.2) is 66.1 Å². The number of nitrogens with two attached hydrogens (primary N) is 1. The van der Waals surface area contributed by atoms with Crippen molar-refractivity contribution in [3.05, 3.63) is 77.3 Å². The average molecular weight is 533 g/mol. The fraction of sp³-hybridized carbons (Fsp3) is 0.227. The van der Waals surface area contributed by atoms with Gasteiger partial charge < -0.3 is 20.7 Å². The first kappa shape index (κ1) is 25.3. The zero-order valence-corrected chi connectivity index (χ0v) is 20.1. The van der Waals surface area contributed by atoms with E-state index in [2.05, 4.69) is 5.32 Å². The van der Waals surface area contributed by atoms with Crippen LogP contribution < -0.4 is 15.6 Å². The minimum Gasteiger partial charge on any atom is -0.747 e. The molecule has 0 radical (unpaired) electrons. The number of nitrogens with one attached hydrogen (secondary N) is 1. The van der Waals surface area contributed by atoms with Crippen LogP contribution in [0, 0.1) is 0 Å². The summed E-state index contributed by atoms with van der Waals surface area (Å²) in [6.07, 6.45) is 3.51. The number of aromatic nitrogens is 1. The first-order valence-corrected chi connectivity index (χ1v) is 13.0. The van der Waals surface area contributed by atoms with Gasteiger partial charge in [0.1, 0.15) is 27.2 Å². The molecular weight excluding hydrogens is 512 g/mol. The third-order valence-electron chi connectivity index (χ3n) is 5.72. The summed E-state index contributed by atoms with van der Waals surface area (Å²) in [4.78, 5) is 50.1. The molecule has 4 rings (SSSR count). The Morgan fingerprint density at radius 3 is 2.39 bits per heavy atom. The number of thioether (sulfide) groups is 1. The molecule has 0 spiro atoms. The van der Waals surface area contributed by atoms with Gasteiger partial charge in [0.25, 0.3) is 5.91 Å². The van der Waals surface area contributed by atoms with Gasteiger partial charge in [-0.1, -0.05) is 18.2 Å². The Balaban J connectivity index is 1.55. The lowest BCUT2D eigenvalue weighted by Crippen LogP contribution is -2.71. The van der Waals surface area contributed by atoms with Crippen LogP contribution in [0.4, 0.5) is 0 Å². The number of carboxylic acid groups (broad SMARTS) is 1. The first-order chi connectivity index (χ1) is 17.0. The van der Waals surface area contributed by atoms with E-state index >= 15 is 0 Å². The molecule has 1 aromatic carbocycles. The average Bonchev–Trinajstić information content (AvgIpc) is 2.82. The molecule has 1 fully saturated rings. The molecule has 2 aliphatic rings. The van der Waals surface area contributed by atoms with Gasteiger partial charge in [-0.25, -0.2) is 17.8 Å². The number of pyridine rings is 1. The Kier molecular flexibility index (Phi) is 6.84. The Hall–Kier alpha value is -3.75. The Morgan fingerprint density at radius 1 is 1.19 bits per heavy atom. The van der Waals surface area contributed by atoms with Gasteiger partial charge in [0, 0.05) is 29.0 Å². The second kappa shape index (κ2) is 9.72. The van der Waals surface area contributed by atoms with Crippen LogP contribution in [0.3, 0.4) is 0 Å². The number of amides is 3. The number of rotatable bonds is 8. The van der Waals surface area contributed by atoms with Crippen LogP contribution in [0.2, 0.25) is 0 Å². The summed E-state index contributed by atoms with van der Waals surface area (Å²) in [6, 6.07) is 8.72. The molecule has 1 unspecified atom stereocenters. The molecule has 188 valence electrons. The van der Waals surface area contributed by atoms with E-state index in [0.717, 1.165) is 17.0 Å². The topological polar surface area (TPSA) is 191 Å². The highest BCUT2D eigenvalue weighted by Crippen LogP contribution is 2.40. The number of hydrogen-bond acceptors (Lipinski definition) is 8. The van der Waals surface area contributed by atoms with Gasteiger partial charge in [0.2, 0.25) is 11.8 Å². The van der Waals surface area contributed by atoms with E-state index in [4.69, 9.17) is 5.73 Å². The smallest absolute Gasteiger partial charge is 0.352 e. The normalized spacial score (nSPS) is 20.2. The van der Waals surface area contributed by atoms with Gasteiger partial charge in [-0.15, -0.1) is 11.8 Å². The van der Waals surface area contributed by atoms with Crippen LogP contribution in [-0.4, -0.2) is 63.8 Å². The zero-order valence-electron chi connectivity index (χ0n) is 18.4. The van der Waals surface area contributed by atoms with Crippen molar-refractivity contribution in [2.75, 3.05) is 5.75 Å². The standard InChI is InChI=1S/C22H20N4O8S2/c23-18(27)13-6-4-12(5-7-13)17(36(32,33)34)19(28)24-15-20(29)26-16(22(30)31)14(11-35-21(15)26)10-25-8-2-1-3-9-25/h1-9,15,17,21H,10-11H2,(H4-,23,24,27,28,30,31,32,33,34)/t15-,17?,21-/m1/s1. The Bertz CT molecular complexity index is 1380. The van der Waals surface area contributed by atoms with Crippen LogP contribution in [0.1, 0.15) is 21.2 Å². The zero-order chi connectivity index (χ0) is 26.2. The lowest BCUT2D eigenvalue weighted by Gasteiger charge is -2.49. The van der Waals surface area contributed by atoms with Crippen molar-refractivity contribution in [3.8, 4) is 0 Å². The van der Waals surface area contributed by atoms with Crippen molar-refractivity contribution in [1.29, 1.82) is 0 Å². The number of carbonyl (C=O) groups is 4. The second-order valence-corrected chi connectivity index (χ2v) is 10.6. The quantitative estimate of drug-likeness (QED) is 0.220. The number of β-lactam (4-membered cyclic amide) rings is 1. The number of primary amides is 1. The van der Waals surface area contributed by atoms with E-state index in [1.54, 1.807) is 29.1 Å². The van der Waals surface area contributed by atoms with Crippen molar-refractivity contribution < 1.29 is 41.8 Å². The predicted molar refractivity (Wildman–Crippen MR) is 124 cm³/mol. The van der Waals surface area contributed by atoms with Gasteiger partial charge in [-0.3, -0.25) is 19.3 Å². The molecular formula is C22H20N4O8S2. The van der Waals surface area contributed by atoms with Gasteiger partial charge in [0.05, 0.1) is 0 Å². The van der Waals surface area contributed by atoms with E-state index in [1.807, 2.05) is 6.07 Å². The monoisotopic (exact) mass is 532 g/mol. The second-order valence-electron chi connectivity index (χ2n) is 8.06. The number of carboxylic acids is 1. The minimum absolute atomic E-state index is 0.0436. The molecule has 3 amide bonds. The number of aliphatic carboxylic acids is 1. The molecule has 4 N–H and O–H groups in total. The molecule has 36 heavy (non-hydrogen) atoms. The van der Waals surface area contributed by atoms with Crippen LogP contribution in [0.25, 0.3) is 0 Å². The van der Waals surface area contributed by atoms with Crippen molar-refractivity contribution in [2.24, 2.45) is 5.73 Å². The SMILES string of the molecule is NC(=O)c1ccc(C(C(=O)N[C@@H]2C(=O)N3C(C(=O)O)=C(C[n+]4ccccc4)CS[C@H]23)S(=O)(=O)[O-])cc1. The molecule has 0 bridgehead atoms. The number of nitrogens with zero attached hydrogens (tertiary/aromatic N) is 2. The van der Waals surface area contributed by atoms with Crippen LogP contribution in [-0.2, 0) is 31.0 Å². The Morgan fingerprint density at radius 2 is 1.83 bits per heavy atom. The van der Waals surface area contributed by atoms with Crippen LogP contribution in [0.5, 0.6) is 0 Å². The molecule has 2 aromatic rings. The molecule has 0 saturated carbocycles. The van der Waals surface area contributed by atoms with Gasteiger partial charge >= 0.3 is 5.97 Å². The first-order valence-electron chi connectivity index (χ1n) is 10.5. The lowest BCUT2D eigenvalue weighted by atomic mass is 10.0. The number of benzene rings is 1. The predicted octanol–water partition coefficient (Wildman–Crippen LogP) is -0.902. The maximum atomic E-state index is 12.9. The number of fused-ring (bicyclic) bond motifs is 1. The summed E-state index contributed by atoms with van der Waals surface area (Å²) < 4.78 is 37.5. The summed E-state index contributed by atoms with van der Waals surface area (Å²) >= 11 is 1.21. The maximum Gasteiger partial charge on any atom is 0.352 e. The molecule has 1 saturated heterocycles.